The van der Waals surface area contributed by atoms with Gasteiger partial charge in [0.2, 0.25) is 0 Å². The van der Waals surface area contributed by atoms with Crippen LogP contribution in [0.25, 0.3) is 0 Å². The van der Waals surface area contributed by atoms with Crippen molar-refractivity contribution in [1.82, 2.24) is 0 Å². The SMILES string of the molecule is CO[C@H]1O[C@H](C)[C@@H]2OS(=O)O[C@@H]2[C@H]1OC. The fourth-order valence-corrected chi connectivity index (χ4v) is 2.75. The zero-order chi connectivity index (χ0) is 11.0. The minimum atomic E-state index is -1.72. The Bertz CT molecular complexity index is 260. The van der Waals surface area contributed by atoms with Crippen LogP contribution >= 0.6 is 0 Å². The van der Waals surface area contributed by atoms with E-state index in [2.05, 4.69) is 0 Å². The summed E-state index contributed by atoms with van der Waals surface area (Å²) in [6, 6.07) is 0. The maximum absolute atomic E-state index is 11.1. The van der Waals surface area contributed by atoms with Gasteiger partial charge in [0.05, 0.1) is 6.10 Å². The molecule has 0 amide bonds. The normalized spacial score (nSPS) is 50.3. The predicted octanol–water partition coefficient (Wildman–Crippen LogP) is -0.245. The summed E-state index contributed by atoms with van der Waals surface area (Å²) in [6.45, 7) is 1.82. The highest BCUT2D eigenvalue weighted by molar-refractivity contribution is 7.75. The van der Waals surface area contributed by atoms with Crippen LogP contribution in [0.1, 0.15) is 6.92 Å². The van der Waals surface area contributed by atoms with Gasteiger partial charge in [-0.15, -0.1) is 0 Å². The molecule has 2 saturated heterocycles. The molecule has 0 N–H and O–H groups in total. The van der Waals surface area contributed by atoms with Gasteiger partial charge < -0.3 is 14.2 Å². The number of ether oxygens (including phenoxy) is 3. The molecule has 2 aliphatic heterocycles. The molecule has 0 saturated carbocycles. The summed E-state index contributed by atoms with van der Waals surface area (Å²) >= 11 is -1.72. The Kier molecular flexibility index (Phi) is 3.39. The maximum atomic E-state index is 11.1. The number of hydrogen-bond acceptors (Lipinski definition) is 6. The van der Waals surface area contributed by atoms with Gasteiger partial charge in [-0.25, -0.2) is 0 Å². The second kappa shape index (κ2) is 4.44. The number of hydrogen-bond donors (Lipinski definition) is 0. The molecule has 0 aromatic heterocycles. The Hall–Kier alpha value is -0.0500. The van der Waals surface area contributed by atoms with Crippen molar-refractivity contribution in [3.05, 3.63) is 0 Å². The van der Waals surface area contributed by atoms with E-state index < -0.39 is 29.9 Å². The summed E-state index contributed by atoms with van der Waals surface area (Å²) in [5.41, 5.74) is 0. The van der Waals surface area contributed by atoms with E-state index in [9.17, 15) is 4.21 Å². The van der Waals surface area contributed by atoms with E-state index in [0.717, 1.165) is 0 Å². The molecule has 2 aliphatic rings. The van der Waals surface area contributed by atoms with E-state index in [1.807, 2.05) is 6.92 Å². The molecule has 2 rings (SSSR count). The van der Waals surface area contributed by atoms with Crippen molar-refractivity contribution in [2.24, 2.45) is 0 Å². The minimum absolute atomic E-state index is 0.238. The van der Waals surface area contributed by atoms with E-state index in [1.165, 1.54) is 14.2 Å². The monoisotopic (exact) mass is 238 g/mol. The summed E-state index contributed by atoms with van der Waals surface area (Å²) in [4.78, 5) is 0. The topological polar surface area (TPSA) is 63.2 Å². The minimum Gasteiger partial charge on any atom is -0.373 e. The highest BCUT2D eigenvalue weighted by atomic mass is 32.2. The van der Waals surface area contributed by atoms with E-state index >= 15 is 0 Å². The summed E-state index contributed by atoms with van der Waals surface area (Å²) in [6.07, 6.45) is -1.97. The summed E-state index contributed by atoms with van der Waals surface area (Å²) in [5, 5.41) is 0. The first-order valence-electron chi connectivity index (χ1n) is 4.64. The van der Waals surface area contributed by atoms with Gasteiger partial charge in [0.25, 0.3) is 0 Å². The molecule has 2 fully saturated rings. The van der Waals surface area contributed by atoms with Gasteiger partial charge in [-0.2, -0.15) is 4.21 Å². The standard InChI is InChI=1S/C8H14O6S/c1-4-5-6(14-15(9)13-5)7(10-2)8(11-3)12-4/h4-8H,1-3H3/t4-,5+,6+,7-,8+,15?/m1/s1. The molecule has 88 valence electrons. The van der Waals surface area contributed by atoms with Crippen molar-refractivity contribution in [3.63, 3.8) is 0 Å². The lowest BCUT2D eigenvalue weighted by molar-refractivity contribution is -0.271. The van der Waals surface area contributed by atoms with E-state index in [1.54, 1.807) is 0 Å². The molecule has 7 heteroatoms. The van der Waals surface area contributed by atoms with Crippen LogP contribution in [-0.2, 0) is 33.9 Å². The molecule has 0 radical (unpaired) electrons. The average Bonchev–Trinajstić information content (AvgIpc) is 2.60. The van der Waals surface area contributed by atoms with Crippen LogP contribution in [0.5, 0.6) is 0 Å². The van der Waals surface area contributed by atoms with E-state index in [0.29, 0.717) is 0 Å². The first-order chi connectivity index (χ1) is 7.17. The van der Waals surface area contributed by atoms with Crippen LogP contribution in [0.3, 0.4) is 0 Å². The van der Waals surface area contributed by atoms with Gasteiger partial charge in [0.1, 0.15) is 18.3 Å². The van der Waals surface area contributed by atoms with Crippen LogP contribution in [0.2, 0.25) is 0 Å². The lowest BCUT2D eigenvalue weighted by Crippen LogP contribution is -2.56. The molecule has 0 bridgehead atoms. The third-order valence-electron chi connectivity index (χ3n) is 2.61. The van der Waals surface area contributed by atoms with Crippen molar-refractivity contribution >= 4 is 11.4 Å². The highest BCUT2D eigenvalue weighted by Crippen LogP contribution is 2.33. The Balaban J connectivity index is 2.18. The lowest BCUT2D eigenvalue weighted by atomic mass is 10.00. The molecule has 0 aromatic rings. The van der Waals surface area contributed by atoms with Crippen molar-refractivity contribution in [1.29, 1.82) is 0 Å². The van der Waals surface area contributed by atoms with Gasteiger partial charge in [-0.1, -0.05) is 0 Å². The molecule has 2 heterocycles. The third kappa shape index (κ3) is 1.95. The first-order valence-corrected chi connectivity index (χ1v) is 5.64. The number of methoxy groups -OCH3 is 2. The van der Waals surface area contributed by atoms with Gasteiger partial charge in [0, 0.05) is 14.2 Å². The maximum Gasteiger partial charge on any atom is 0.305 e. The summed E-state index contributed by atoms with van der Waals surface area (Å²) in [7, 11) is 3.05. The lowest BCUT2D eigenvalue weighted by Gasteiger charge is -2.38. The quantitative estimate of drug-likeness (QED) is 0.661. The van der Waals surface area contributed by atoms with Gasteiger partial charge in [-0.05, 0) is 6.92 Å². The van der Waals surface area contributed by atoms with Crippen molar-refractivity contribution in [2.75, 3.05) is 14.2 Å². The Morgan fingerprint density at radius 3 is 2.40 bits per heavy atom. The second-order valence-corrected chi connectivity index (χ2v) is 4.26. The Morgan fingerprint density at radius 2 is 1.80 bits per heavy atom. The zero-order valence-electron chi connectivity index (χ0n) is 8.74. The average molecular weight is 238 g/mol. The van der Waals surface area contributed by atoms with Crippen LogP contribution in [-0.4, -0.2) is 49.1 Å². The second-order valence-electron chi connectivity index (χ2n) is 3.47. The molecule has 0 aromatic carbocycles. The third-order valence-corrected chi connectivity index (χ3v) is 3.37. The largest absolute Gasteiger partial charge is 0.373 e. The van der Waals surface area contributed by atoms with Gasteiger partial charge in [0.15, 0.2) is 6.29 Å². The van der Waals surface area contributed by atoms with Crippen LogP contribution in [0.15, 0.2) is 0 Å². The Morgan fingerprint density at radius 1 is 1.13 bits per heavy atom. The van der Waals surface area contributed by atoms with Crippen LogP contribution in [0, 0.1) is 0 Å². The van der Waals surface area contributed by atoms with Crippen LogP contribution in [0.4, 0.5) is 0 Å². The molecular weight excluding hydrogens is 224 g/mol. The first kappa shape index (κ1) is 11.4. The molecular formula is C8H14O6S. The molecule has 1 unspecified atom stereocenters. The fourth-order valence-electron chi connectivity index (χ4n) is 1.86. The zero-order valence-corrected chi connectivity index (χ0v) is 9.56. The van der Waals surface area contributed by atoms with Gasteiger partial charge in [-0.3, -0.25) is 8.37 Å². The van der Waals surface area contributed by atoms with Gasteiger partial charge >= 0.3 is 11.4 Å². The molecule has 15 heavy (non-hydrogen) atoms. The summed E-state index contributed by atoms with van der Waals surface area (Å²) in [5.74, 6) is 0. The highest BCUT2D eigenvalue weighted by Gasteiger charge is 2.52. The van der Waals surface area contributed by atoms with Crippen molar-refractivity contribution in [3.8, 4) is 0 Å². The van der Waals surface area contributed by atoms with E-state index in [-0.39, 0.29) is 12.2 Å². The van der Waals surface area contributed by atoms with Crippen LogP contribution < -0.4 is 0 Å². The fraction of sp³-hybridized carbons (Fsp3) is 1.00. The molecule has 0 spiro atoms. The smallest absolute Gasteiger partial charge is 0.305 e. The summed E-state index contributed by atoms with van der Waals surface area (Å²) < 4.78 is 37.2. The predicted molar refractivity (Wildman–Crippen MR) is 50.0 cm³/mol. The molecule has 6 atom stereocenters. The molecule has 0 aliphatic carbocycles. The van der Waals surface area contributed by atoms with Crippen molar-refractivity contribution < 1.29 is 26.8 Å². The van der Waals surface area contributed by atoms with Crippen molar-refractivity contribution in [2.45, 2.75) is 37.6 Å². The number of fused-ring (bicyclic) bond motifs is 1. The Labute approximate surface area is 90.6 Å². The number of rotatable bonds is 2. The molecule has 6 nitrogen and oxygen atoms in total. The van der Waals surface area contributed by atoms with E-state index in [4.69, 9.17) is 22.6 Å².